The predicted molar refractivity (Wildman–Crippen MR) is 155 cm³/mol. The van der Waals surface area contributed by atoms with Crippen LogP contribution in [-0.4, -0.2) is 87.3 Å². The minimum atomic E-state index is -0.245. The van der Waals surface area contributed by atoms with Gasteiger partial charge in [-0.15, -0.1) is 10.2 Å². The van der Waals surface area contributed by atoms with E-state index in [1.807, 2.05) is 10.6 Å². The number of hydrogen-bond donors (Lipinski definition) is 1. The summed E-state index contributed by atoms with van der Waals surface area (Å²) < 4.78 is 27.7. The molecule has 7 rings (SSSR count). The van der Waals surface area contributed by atoms with Crippen LogP contribution in [-0.2, 0) is 22.5 Å². The molecule has 3 fully saturated rings. The minimum absolute atomic E-state index is 0.134. The highest BCUT2D eigenvalue weighted by molar-refractivity contribution is 5.79. The summed E-state index contributed by atoms with van der Waals surface area (Å²) in [6.07, 6.45) is 11.2. The number of likely N-dealkylation sites (tertiary alicyclic amines) is 2. The van der Waals surface area contributed by atoms with Crippen molar-refractivity contribution in [2.24, 2.45) is 5.92 Å². The zero-order valence-electron chi connectivity index (χ0n) is 24.1. The Balaban J connectivity index is 0.985. The largest absolute Gasteiger partial charge is 0.493 e. The Kier molecular flexibility index (Phi) is 7.94. The zero-order chi connectivity index (χ0) is 28.5. The van der Waals surface area contributed by atoms with Gasteiger partial charge in [-0.1, -0.05) is 0 Å². The number of fused-ring (bicyclic) bond motifs is 2. The van der Waals surface area contributed by atoms with E-state index in [4.69, 9.17) is 14.5 Å². The van der Waals surface area contributed by atoms with Gasteiger partial charge in [0.05, 0.1) is 6.61 Å². The Morgan fingerprint density at radius 2 is 1.88 bits per heavy atom. The molecule has 11 heteroatoms. The summed E-state index contributed by atoms with van der Waals surface area (Å²) in [6, 6.07) is 3.78. The van der Waals surface area contributed by atoms with Crippen LogP contribution in [0.15, 0.2) is 24.7 Å². The molecule has 0 radical (unpaired) electrons. The second-order valence-corrected chi connectivity index (χ2v) is 12.1. The van der Waals surface area contributed by atoms with Crippen LogP contribution in [0.5, 0.6) is 5.75 Å². The molecule has 42 heavy (non-hydrogen) atoms. The van der Waals surface area contributed by atoms with Crippen LogP contribution in [0.25, 0.3) is 5.65 Å². The highest BCUT2D eigenvalue weighted by Gasteiger charge is 2.33. The lowest BCUT2D eigenvalue weighted by Gasteiger charge is -2.39. The van der Waals surface area contributed by atoms with Gasteiger partial charge in [-0.3, -0.25) is 9.20 Å². The Bertz CT molecular complexity index is 1420. The van der Waals surface area contributed by atoms with Gasteiger partial charge < -0.3 is 24.6 Å². The highest BCUT2D eigenvalue weighted by Crippen LogP contribution is 2.33. The van der Waals surface area contributed by atoms with Crippen molar-refractivity contribution in [3.05, 3.63) is 47.2 Å². The van der Waals surface area contributed by atoms with Crippen molar-refractivity contribution < 1.29 is 18.7 Å². The summed E-state index contributed by atoms with van der Waals surface area (Å²) in [5.74, 6) is 1.80. The maximum atomic E-state index is 14.7. The third-order valence-electron chi connectivity index (χ3n) is 9.79. The molecule has 1 atom stereocenters. The lowest BCUT2D eigenvalue weighted by Crippen LogP contribution is -2.47. The average Bonchev–Trinajstić information content (AvgIpc) is 3.66. The number of rotatable bonds is 6. The van der Waals surface area contributed by atoms with E-state index >= 15 is 0 Å². The second kappa shape index (κ2) is 12.1. The predicted octanol–water partition coefficient (Wildman–Crippen LogP) is 3.80. The van der Waals surface area contributed by atoms with E-state index in [1.165, 1.54) is 6.07 Å². The maximum absolute atomic E-state index is 14.7. The Morgan fingerprint density at radius 1 is 1.02 bits per heavy atom. The zero-order valence-corrected chi connectivity index (χ0v) is 24.1. The van der Waals surface area contributed by atoms with E-state index in [0.29, 0.717) is 43.0 Å². The number of ether oxygens (including phenoxy) is 2. The number of piperidine rings is 1. The molecule has 4 aliphatic heterocycles. The summed E-state index contributed by atoms with van der Waals surface area (Å²) in [6.45, 7) is 6.19. The van der Waals surface area contributed by atoms with Gasteiger partial charge >= 0.3 is 0 Å². The summed E-state index contributed by atoms with van der Waals surface area (Å²) in [5.41, 5.74) is 3.35. The normalized spacial score (nSPS) is 22.6. The van der Waals surface area contributed by atoms with Crippen LogP contribution < -0.4 is 10.1 Å². The van der Waals surface area contributed by atoms with Crippen LogP contribution in [0, 0.1) is 11.7 Å². The van der Waals surface area contributed by atoms with Crippen LogP contribution >= 0.6 is 0 Å². The number of carbonyl (C=O) groups is 1. The van der Waals surface area contributed by atoms with Crippen molar-refractivity contribution in [3.8, 4) is 5.75 Å². The van der Waals surface area contributed by atoms with Crippen molar-refractivity contribution in [3.63, 3.8) is 0 Å². The Morgan fingerprint density at radius 3 is 2.74 bits per heavy atom. The van der Waals surface area contributed by atoms with Gasteiger partial charge in [-0.2, -0.15) is 0 Å². The molecule has 10 nitrogen and oxygen atoms in total. The second-order valence-electron chi connectivity index (χ2n) is 12.1. The van der Waals surface area contributed by atoms with Crippen molar-refractivity contribution in [1.82, 2.24) is 29.4 Å². The molecule has 0 saturated carbocycles. The van der Waals surface area contributed by atoms with Crippen molar-refractivity contribution in [2.75, 3.05) is 51.3 Å². The summed E-state index contributed by atoms with van der Waals surface area (Å²) >= 11 is 0. The molecule has 3 saturated heterocycles. The standard InChI is InChI=1S/C31H40FN7O3/c32-27-3-4-28-24(10-17-42-28)26(27)19-34-31-33-18-25(29-36-35-20-39(29)31)21-2-1-11-38(14-5-21)30(40)22-6-12-37(13-7-22)23-8-15-41-16-9-23/h3-4,18,20-23H,1-2,5-17,19H2,(H,33,34)/t21-/m0/s1. The minimum Gasteiger partial charge on any atom is -0.493 e. The topological polar surface area (TPSA) is 97.1 Å². The van der Waals surface area contributed by atoms with Gasteiger partial charge in [0, 0.05) is 74.1 Å². The first-order chi connectivity index (χ1) is 20.7. The molecular formula is C31H40FN7O3. The number of amides is 1. The molecule has 1 amide bonds. The van der Waals surface area contributed by atoms with Gasteiger partial charge in [0.25, 0.3) is 0 Å². The summed E-state index contributed by atoms with van der Waals surface area (Å²) in [5, 5.41) is 11.9. The van der Waals surface area contributed by atoms with E-state index < -0.39 is 0 Å². The van der Waals surface area contributed by atoms with Crippen LogP contribution in [0.2, 0.25) is 0 Å². The number of halogens is 1. The summed E-state index contributed by atoms with van der Waals surface area (Å²) in [4.78, 5) is 22.9. The van der Waals surface area contributed by atoms with Crippen molar-refractivity contribution in [1.29, 1.82) is 0 Å². The smallest absolute Gasteiger partial charge is 0.225 e. The summed E-state index contributed by atoms with van der Waals surface area (Å²) in [7, 11) is 0. The van der Waals surface area contributed by atoms with E-state index in [1.54, 1.807) is 12.4 Å². The first-order valence-electron chi connectivity index (χ1n) is 15.6. The lowest BCUT2D eigenvalue weighted by molar-refractivity contribution is -0.137. The number of benzene rings is 1. The fourth-order valence-electron chi connectivity index (χ4n) is 7.38. The van der Waals surface area contributed by atoms with E-state index in [0.717, 1.165) is 107 Å². The number of nitrogens with one attached hydrogen (secondary N) is 1. The van der Waals surface area contributed by atoms with Gasteiger partial charge in [0.1, 0.15) is 17.9 Å². The third-order valence-corrected chi connectivity index (χ3v) is 9.79. The van der Waals surface area contributed by atoms with E-state index in [-0.39, 0.29) is 17.7 Å². The number of aromatic nitrogens is 4. The van der Waals surface area contributed by atoms with Gasteiger partial charge in [0.15, 0.2) is 5.65 Å². The molecule has 0 spiro atoms. The molecule has 0 bridgehead atoms. The number of anilines is 1. The van der Waals surface area contributed by atoms with Crippen molar-refractivity contribution in [2.45, 2.75) is 69.9 Å². The number of nitrogens with zero attached hydrogens (tertiary/aromatic N) is 6. The van der Waals surface area contributed by atoms with Crippen LogP contribution in [0.1, 0.15) is 67.6 Å². The quantitative estimate of drug-likeness (QED) is 0.473. The molecule has 6 heterocycles. The molecular weight excluding hydrogens is 537 g/mol. The molecule has 224 valence electrons. The van der Waals surface area contributed by atoms with Crippen LogP contribution in [0.3, 0.4) is 0 Å². The molecule has 3 aromatic rings. The van der Waals surface area contributed by atoms with Crippen molar-refractivity contribution >= 4 is 17.5 Å². The molecule has 1 aromatic carbocycles. The molecule has 0 aliphatic carbocycles. The van der Waals surface area contributed by atoms with Crippen LogP contribution in [0.4, 0.5) is 10.3 Å². The third kappa shape index (κ3) is 5.44. The fraction of sp³-hybridized carbons (Fsp3) is 0.613. The Labute approximate surface area is 245 Å². The molecule has 0 unspecified atom stereocenters. The fourth-order valence-corrected chi connectivity index (χ4v) is 7.38. The maximum Gasteiger partial charge on any atom is 0.225 e. The SMILES string of the molecule is O=C(C1CCN(C2CCOCC2)CC1)N1CCC[C@H](c2cnc(NCc3c(F)ccc4c3CCO4)n3cnnc23)CC1. The Hall–Kier alpha value is -3.31. The molecule has 2 aromatic heterocycles. The van der Waals surface area contributed by atoms with E-state index in [2.05, 4.69) is 25.3 Å². The number of carbonyl (C=O) groups excluding carboxylic acids is 1. The highest BCUT2D eigenvalue weighted by atomic mass is 19.1. The van der Waals surface area contributed by atoms with Gasteiger partial charge in [-0.05, 0) is 76.1 Å². The van der Waals surface area contributed by atoms with Gasteiger partial charge in [0.2, 0.25) is 11.9 Å². The molecule has 4 aliphatic rings. The first-order valence-corrected chi connectivity index (χ1v) is 15.6. The molecule has 1 N–H and O–H groups in total. The lowest BCUT2D eigenvalue weighted by atomic mass is 9.92. The average molecular weight is 578 g/mol. The van der Waals surface area contributed by atoms with E-state index in [9.17, 15) is 9.18 Å². The first kappa shape index (κ1) is 27.5. The van der Waals surface area contributed by atoms with Gasteiger partial charge in [-0.25, -0.2) is 9.37 Å². The monoisotopic (exact) mass is 577 g/mol. The number of hydrogen-bond acceptors (Lipinski definition) is 8.